The largest absolute Gasteiger partial charge is 0.477 e. The summed E-state index contributed by atoms with van der Waals surface area (Å²) in [6.45, 7) is 1.41. The maximum absolute atomic E-state index is 13.9. The minimum atomic E-state index is -1.84. The minimum absolute atomic E-state index is 0.157. The number of pyridine rings is 1. The van der Waals surface area contributed by atoms with Gasteiger partial charge in [-0.3, -0.25) is 14.2 Å². The number of benzene rings is 1. The highest BCUT2D eigenvalue weighted by Crippen LogP contribution is 2.22. The minimum Gasteiger partial charge on any atom is -0.477 e. The molecule has 1 heterocycles. The number of fused-ring (bicyclic) bond motifs is 1. The van der Waals surface area contributed by atoms with Gasteiger partial charge in [0.15, 0.2) is 17.5 Å². The Morgan fingerprint density at radius 2 is 1.86 bits per heavy atom. The fourth-order valence-electron chi connectivity index (χ4n) is 1.91. The number of aromatic carboxylic acids is 1. The molecule has 1 aromatic heterocycles. The van der Waals surface area contributed by atoms with Crippen molar-refractivity contribution in [1.29, 1.82) is 0 Å². The molecule has 0 aliphatic rings. The van der Waals surface area contributed by atoms with Crippen molar-refractivity contribution >= 4 is 22.8 Å². The van der Waals surface area contributed by atoms with E-state index in [0.717, 1.165) is 0 Å². The first-order valence-electron chi connectivity index (χ1n) is 5.79. The van der Waals surface area contributed by atoms with Crippen LogP contribution in [0.2, 0.25) is 0 Å². The van der Waals surface area contributed by atoms with Gasteiger partial charge in [-0.2, -0.15) is 0 Å². The van der Waals surface area contributed by atoms with Crippen molar-refractivity contribution in [2.24, 2.45) is 0 Å². The number of rotatable bonds is 2. The summed E-state index contributed by atoms with van der Waals surface area (Å²) >= 11 is 0. The van der Waals surface area contributed by atoms with Crippen LogP contribution in [0.1, 0.15) is 28.5 Å². The van der Waals surface area contributed by atoms with Crippen molar-refractivity contribution in [3.63, 3.8) is 0 Å². The summed E-state index contributed by atoms with van der Waals surface area (Å²) in [5.41, 5.74) is -2.82. The first-order valence-corrected chi connectivity index (χ1v) is 5.79. The van der Waals surface area contributed by atoms with Gasteiger partial charge >= 0.3 is 5.97 Å². The van der Waals surface area contributed by atoms with Gasteiger partial charge in [-0.05, 0) is 6.07 Å². The molecule has 0 aliphatic heterocycles. The van der Waals surface area contributed by atoms with E-state index in [1.165, 1.54) is 6.92 Å². The van der Waals surface area contributed by atoms with Gasteiger partial charge in [-0.1, -0.05) is 6.92 Å². The Bertz CT molecular complexity index is 842. The van der Waals surface area contributed by atoms with Crippen molar-refractivity contribution in [2.75, 3.05) is 0 Å². The van der Waals surface area contributed by atoms with Gasteiger partial charge in [0.2, 0.25) is 11.3 Å². The lowest BCUT2D eigenvalue weighted by Crippen LogP contribution is -2.23. The molecule has 0 saturated heterocycles. The SMILES string of the molecule is CCC(=O)n1cc(C(=O)O)c(=O)c2cc(F)c(F)c(F)c21. The van der Waals surface area contributed by atoms with Crippen LogP contribution in [0.4, 0.5) is 13.2 Å². The fraction of sp³-hybridized carbons (Fsp3) is 0.154. The topological polar surface area (TPSA) is 76.4 Å². The molecule has 5 nitrogen and oxygen atoms in total. The Balaban J connectivity index is 3.11. The van der Waals surface area contributed by atoms with Gasteiger partial charge in [-0.25, -0.2) is 18.0 Å². The van der Waals surface area contributed by atoms with Crippen LogP contribution in [0.25, 0.3) is 10.9 Å². The van der Waals surface area contributed by atoms with Crippen LogP contribution in [-0.2, 0) is 0 Å². The molecule has 110 valence electrons. The molecule has 0 radical (unpaired) electrons. The van der Waals surface area contributed by atoms with Gasteiger partial charge < -0.3 is 5.11 Å². The van der Waals surface area contributed by atoms with Gasteiger partial charge in [0.1, 0.15) is 5.56 Å². The molecule has 0 amide bonds. The Kier molecular flexibility index (Phi) is 3.54. The van der Waals surface area contributed by atoms with Gasteiger partial charge in [0.05, 0.1) is 10.9 Å². The second kappa shape index (κ2) is 5.04. The van der Waals surface area contributed by atoms with E-state index in [0.29, 0.717) is 16.8 Å². The number of carbonyl (C=O) groups is 2. The molecule has 0 atom stereocenters. The molecule has 0 saturated carbocycles. The number of halogens is 3. The van der Waals surface area contributed by atoms with Crippen molar-refractivity contribution in [2.45, 2.75) is 13.3 Å². The summed E-state index contributed by atoms with van der Waals surface area (Å²) in [5, 5.41) is 8.20. The van der Waals surface area contributed by atoms with Gasteiger partial charge in [-0.15, -0.1) is 0 Å². The molecule has 0 spiro atoms. The summed E-state index contributed by atoms with van der Waals surface area (Å²) in [7, 11) is 0. The van der Waals surface area contributed by atoms with Crippen molar-refractivity contribution in [3.05, 3.63) is 45.5 Å². The smallest absolute Gasteiger partial charge is 0.341 e. The zero-order chi connectivity index (χ0) is 15.9. The number of aromatic nitrogens is 1. The molecular weight excluding hydrogens is 291 g/mol. The van der Waals surface area contributed by atoms with E-state index in [1.54, 1.807) is 0 Å². The molecule has 2 aromatic rings. The molecule has 0 aliphatic carbocycles. The van der Waals surface area contributed by atoms with Crippen molar-refractivity contribution in [1.82, 2.24) is 4.57 Å². The Hall–Kier alpha value is -2.64. The summed E-state index contributed by atoms with van der Waals surface area (Å²) in [6, 6.07) is 0.377. The third kappa shape index (κ3) is 2.18. The van der Waals surface area contributed by atoms with E-state index < -0.39 is 51.2 Å². The molecule has 2 rings (SSSR count). The van der Waals surface area contributed by atoms with Crippen LogP contribution >= 0.6 is 0 Å². The van der Waals surface area contributed by atoms with Crippen LogP contribution in [-0.4, -0.2) is 21.6 Å². The fourth-order valence-corrected chi connectivity index (χ4v) is 1.91. The van der Waals surface area contributed by atoms with E-state index in [1.807, 2.05) is 0 Å². The van der Waals surface area contributed by atoms with E-state index in [2.05, 4.69) is 0 Å². The average Bonchev–Trinajstić information content (AvgIpc) is 2.44. The van der Waals surface area contributed by atoms with E-state index in [-0.39, 0.29) is 6.42 Å². The third-order valence-electron chi connectivity index (χ3n) is 2.93. The molecule has 0 bridgehead atoms. The second-order valence-corrected chi connectivity index (χ2v) is 4.18. The van der Waals surface area contributed by atoms with Gasteiger partial charge in [0, 0.05) is 12.6 Å². The quantitative estimate of drug-likeness (QED) is 0.862. The summed E-state index contributed by atoms with van der Waals surface area (Å²) in [6.07, 6.45) is 0.453. The Labute approximate surface area is 115 Å². The Morgan fingerprint density at radius 3 is 2.38 bits per heavy atom. The molecule has 1 N–H and O–H groups in total. The van der Waals surface area contributed by atoms with Crippen molar-refractivity contribution < 1.29 is 27.9 Å². The van der Waals surface area contributed by atoms with Crippen LogP contribution in [0.3, 0.4) is 0 Å². The number of hydrogen-bond donors (Lipinski definition) is 1. The highest BCUT2D eigenvalue weighted by atomic mass is 19.2. The molecule has 0 fully saturated rings. The standard InChI is InChI=1S/C13H8F3NO4/c1-2-8(18)17-4-6(13(20)21)12(19)5-3-7(14)9(15)10(16)11(5)17/h3-4H,2H2,1H3,(H,20,21). The lowest BCUT2D eigenvalue weighted by atomic mass is 10.1. The molecule has 1 aromatic carbocycles. The third-order valence-corrected chi connectivity index (χ3v) is 2.93. The van der Waals surface area contributed by atoms with Crippen molar-refractivity contribution in [3.8, 4) is 0 Å². The second-order valence-electron chi connectivity index (χ2n) is 4.18. The van der Waals surface area contributed by atoms with E-state index in [4.69, 9.17) is 5.11 Å². The number of hydrogen-bond acceptors (Lipinski definition) is 3. The highest BCUT2D eigenvalue weighted by molar-refractivity contribution is 5.97. The van der Waals surface area contributed by atoms with Gasteiger partial charge in [0.25, 0.3) is 0 Å². The Morgan fingerprint density at radius 1 is 1.24 bits per heavy atom. The van der Waals surface area contributed by atoms with Crippen LogP contribution in [0.15, 0.2) is 17.1 Å². The number of nitrogens with zero attached hydrogens (tertiary/aromatic N) is 1. The monoisotopic (exact) mass is 299 g/mol. The van der Waals surface area contributed by atoms with E-state index in [9.17, 15) is 27.6 Å². The molecular formula is C13H8F3NO4. The normalized spacial score (nSPS) is 10.9. The van der Waals surface area contributed by atoms with Crippen LogP contribution in [0, 0.1) is 17.5 Å². The predicted octanol–water partition coefficient (Wildman–Crippen LogP) is 2.17. The summed E-state index contributed by atoms with van der Waals surface area (Å²) < 4.78 is 40.9. The van der Waals surface area contributed by atoms with E-state index >= 15 is 0 Å². The lowest BCUT2D eigenvalue weighted by molar-refractivity contribution is 0.0695. The summed E-state index contributed by atoms with van der Waals surface area (Å²) in [5.74, 6) is -7.64. The number of carbonyl (C=O) groups excluding carboxylic acids is 1. The molecule has 0 unspecified atom stereocenters. The first-order chi connectivity index (χ1) is 9.79. The number of carboxylic acids is 1. The lowest BCUT2D eigenvalue weighted by Gasteiger charge is -2.11. The molecule has 8 heteroatoms. The summed E-state index contributed by atoms with van der Waals surface area (Å²) in [4.78, 5) is 34.6. The highest BCUT2D eigenvalue weighted by Gasteiger charge is 2.23. The maximum atomic E-state index is 13.9. The predicted molar refractivity (Wildman–Crippen MR) is 66.0 cm³/mol. The molecule has 21 heavy (non-hydrogen) atoms. The van der Waals surface area contributed by atoms with Crippen LogP contribution < -0.4 is 5.43 Å². The zero-order valence-corrected chi connectivity index (χ0v) is 10.6. The first kappa shape index (κ1) is 14.8. The van der Waals surface area contributed by atoms with Crippen LogP contribution in [0.5, 0.6) is 0 Å². The number of carboxylic acid groups (broad SMARTS) is 1. The average molecular weight is 299 g/mol. The maximum Gasteiger partial charge on any atom is 0.341 e. The zero-order valence-electron chi connectivity index (χ0n) is 10.6.